The first-order valence-corrected chi connectivity index (χ1v) is 5.82. The molecule has 0 heterocycles. The minimum Gasteiger partial charge on any atom is -0.356 e. The maximum atomic E-state index is 11.0. The van der Waals surface area contributed by atoms with Gasteiger partial charge in [-0.2, -0.15) is 0 Å². The van der Waals surface area contributed by atoms with Crippen LogP contribution < -0.4 is 11.5 Å². The number of primary amides is 2. The summed E-state index contributed by atoms with van der Waals surface area (Å²) in [5, 5.41) is -1.72. The Morgan fingerprint density at radius 3 is 1.72 bits per heavy atom. The highest BCUT2D eigenvalue weighted by atomic mass is 35.5. The van der Waals surface area contributed by atoms with E-state index in [0.29, 0.717) is 6.42 Å². The lowest BCUT2D eigenvalue weighted by atomic mass is 9.77. The van der Waals surface area contributed by atoms with Crippen LogP contribution in [-0.4, -0.2) is 16.5 Å². The van der Waals surface area contributed by atoms with E-state index in [4.69, 9.17) is 9.59 Å². The highest BCUT2D eigenvalue weighted by Crippen LogP contribution is 2.32. The van der Waals surface area contributed by atoms with Crippen LogP contribution in [0.15, 0.2) is 11.6 Å². The van der Waals surface area contributed by atoms with Gasteiger partial charge in [0, 0.05) is 6.42 Å². The minimum atomic E-state index is -0.861. The monoisotopic (exact) mass is 296 g/mol. The summed E-state index contributed by atoms with van der Waals surface area (Å²) in [6, 6.07) is 0. The van der Waals surface area contributed by atoms with Gasteiger partial charge in [0.15, 0.2) is 5.78 Å². The molecule has 1 aliphatic rings. The minimum absolute atomic E-state index is 0.204. The van der Waals surface area contributed by atoms with Crippen molar-refractivity contribution in [3.8, 4) is 0 Å². The summed E-state index contributed by atoms with van der Waals surface area (Å²) < 4.78 is 0. The zero-order valence-corrected chi connectivity index (χ0v) is 12.1. The maximum Gasteiger partial charge on any atom is 0.311 e. The normalized spacial score (nSPS) is 16.3. The van der Waals surface area contributed by atoms with Crippen molar-refractivity contribution in [2.75, 3.05) is 0 Å². The van der Waals surface area contributed by atoms with Crippen molar-refractivity contribution in [3.63, 3.8) is 0 Å². The molecule has 0 aromatic heterocycles. The Morgan fingerprint density at radius 2 is 1.50 bits per heavy atom. The van der Waals surface area contributed by atoms with Crippen molar-refractivity contribution in [3.05, 3.63) is 11.6 Å². The topological polar surface area (TPSA) is 103 Å². The molecule has 0 radical (unpaired) electrons. The van der Waals surface area contributed by atoms with Gasteiger partial charge in [0.25, 0.3) is 0 Å². The van der Waals surface area contributed by atoms with E-state index < -0.39 is 10.7 Å². The first-order chi connectivity index (χ1) is 7.96. The van der Waals surface area contributed by atoms with Crippen LogP contribution in [0.5, 0.6) is 0 Å². The molecular formula is C11H18Cl2N2O3. The van der Waals surface area contributed by atoms with E-state index in [-0.39, 0.29) is 11.2 Å². The largest absolute Gasteiger partial charge is 0.356 e. The Hall–Kier alpha value is -1.07. The van der Waals surface area contributed by atoms with Crippen LogP contribution >= 0.6 is 23.2 Å². The van der Waals surface area contributed by atoms with Crippen LogP contribution in [0.1, 0.15) is 33.6 Å². The number of carbonyl (C=O) groups excluding carboxylic acids is 3. The van der Waals surface area contributed by atoms with E-state index in [1.54, 1.807) is 6.08 Å². The number of allylic oxidation sites excluding steroid dienone is 2. The van der Waals surface area contributed by atoms with Gasteiger partial charge in [0.1, 0.15) is 0 Å². The van der Waals surface area contributed by atoms with Crippen LogP contribution in [0, 0.1) is 5.41 Å². The number of halogens is 2. The van der Waals surface area contributed by atoms with Gasteiger partial charge in [-0.05, 0) is 48.0 Å². The Balaban J connectivity index is 0. The third-order valence-electron chi connectivity index (χ3n) is 1.82. The molecule has 104 valence electrons. The van der Waals surface area contributed by atoms with Crippen LogP contribution in [0.3, 0.4) is 0 Å². The molecule has 0 aromatic rings. The quantitative estimate of drug-likeness (QED) is 0.530. The lowest BCUT2D eigenvalue weighted by molar-refractivity contribution is -0.117. The first-order valence-electron chi connectivity index (χ1n) is 5.06. The molecular weight excluding hydrogens is 279 g/mol. The summed E-state index contributed by atoms with van der Waals surface area (Å²) in [4.78, 5) is 29.0. The van der Waals surface area contributed by atoms with E-state index in [1.165, 1.54) is 5.57 Å². The standard InChI is InChI=1S/C9H14O.2CH2ClNO/c1-7-4-8(10)6-9(2,3)5-7;2*2-1(3)4/h4H,5-6H2,1-3H3;2*(H2,3,4). The molecule has 0 fully saturated rings. The van der Waals surface area contributed by atoms with E-state index >= 15 is 0 Å². The molecule has 0 saturated carbocycles. The molecule has 0 spiro atoms. The summed E-state index contributed by atoms with van der Waals surface area (Å²) in [7, 11) is 0. The van der Waals surface area contributed by atoms with E-state index in [0.717, 1.165) is 6.42 Å². The van der Waals surface area contributed by atoms with E-state index in [1.807, 2.05) is 6.92 Å². The zero-order chi connectivity index (χ0) is 14.9. The second-order valence-electron chi connectivity index (χ2n) is 4.58. The van der Waals surface area contributed by atoms with E-state index in [2.05, 4.69) is 48.5 Å². The Morgan fingerprint density at radius 1 is 1.17 bits per heavy atom. The first kappa shape index (κ1) is 19.3. The molecule has 0 bridgehead atoms. The predicted octanol–water partition coefficient (Wildman–Crippen LogP) is 2.93. The molecule has 0 saturated heterocycles. The molecule has 5 nitrogen and oxygen atoms in total. The van der Waals surface area contributed by atoms with Gasteiger partial charge in [-0.3, -0.25) is 14.4 Å². The summed E-state index contributed by atoms with van der Waals surface area (Å²) in [6.07, 6.45) is 3.55. The highest BCUT2D eigenvalue weighted by molar-refractivity contribution is 6.62. The van der Waals surface area contributed by atoms with Crippen LogP contribution in [-0.2, 0) is 4.79 Å². The van der Waals surface area contributed by atoms with Crippen molar-refractivity contribution >= 4 is 39.7 Å². The van der Waals surface area contributed by atoms with Gasteiger partial charge in [-0.25, -0.2) is 0 Å². The number of amides is 2. The summed E-state index contributed by atoms with van der Waals surface area (Å²) in [5.74, 6) is 0.286. The lowest BCUT2D eigenvalue weighted by Gasteiger charge is -2.27. The molecule has 7 heteroatoms. The SMILES string of the molecule is CC1=CC(=O)CC(C)(C)C1.NC(=O)Cl.NC(=O)Cl. The van der Waals surface area contributed by atoms with Gasteiger partial charge in [-0.1, -0.05) is 19.4 Å². The second kappa shape index (κ2) is 8.94. The van der Waals surface area contributed by atoms with E-state index in [9.17, 15) is 4.79 Å². The van der Waals surface area contributed by atoms with Crippen LogP contribution in [0.25, 0.3) is 0 Å². The molecule has 4 N–H and O–H groups in total. The van der Waals surface area contributed by atoms with Gasteiger partial charge >= 0.3 is 10.7 Å². The van der Waals surface area contributed by atoms with Gasteiger partial charge < -0.3 is 11.5 Å². The zero-order valence-electron chi connectivity index (χ0n) is 10.6. The third-order valence-corrected chi connectivity index (χ3v) is 1.82. The van der Waals surface area contributed by atoms with Crippen LogP contribution in [0.2, 0.25) is 0 Å². The molecule has 1 rings (SSSR count). The lowest BCUT2D eigenvalue weighted by Crippen LogP contribution is -2.20. The van der Waals surface area contributed by atoms with Gasteiger partial charge in [0.2, 0.25) is 0 Å². The van der Waals surface area contributed by atoms with Gasteiger partial charge in [-0.15, -0.1) is 0 Å². The average molecular weight is 297 g/mol. The average Bonchev–Trinajstić information content (AvgIpc) is 1.94. The molecule has 0 atom stereocenters. The number of rotatable bonds is 0. The van der Waals surface area contributed by atoms with Crippen LogP contribution in [0.4, 0.5) is 9.59 Å². The fourth-order valence-corrected chi connectivity index (χ4v) is 1.67. The number of ketones is 1. The summed E-state index contributed by atoms with van der Waals surface area (Å²) in [5.41, 5.74) is 9.90. The highest BCUT2D eigenvalue weighted by Gasteiger charge is 2.25. The maximum absolute atomic E-state index is 11.0. The van der Waals surface area contributed by atoms with Crippen molar-refractivity contribution in [2.45, 2.75) is 33.6 Å². The molecule has 1 aliphatic carbocycles. The number of hydrogen-bond acceptors (Lipinski definition) is 3. The number of carbonyl (C=O) groups is 3. The fraction of sp³-hybridized carbons (Fsp3) is 0.545. The summed E-state index contributed by atoms with van der Waals surface area (Å²) >= 11 is 8.83. The Kier molecular flexibility index (Phi) is 9.57. The third kappa shape index (κ3) is 17.3. The second-order valence-corrected chi connectivity index (χ2v) is 5.33. The molecule has 18 heavy (non-hydrogen) atoms. The molecule has 0 aliphatic heterocycles. The van der Waals surface area contributed by atoms with Crippen molar-refractivity contribution < 1.29 is 14.4 Å². The molecule has 0 unspecified atom stereocenters. The van der Waals surface area contributed by atoms with Crippen molar-refractivity contribution in [1.29, 1.82) is 0 Å². The Labute approximate surface area is 116 Å². The molecule has 2 amide bonds. The summed E-state index contributed by atoms with van der Waals surface area (Å²) in [6.45, 7) is 6.31. The fourth-order valence-electron chi connectivity index (χ4n) is 1.67. The van der Waals surface area contributed by atoms with Crippen molar-refractivity contribution in [1.82, 2.24) is 0 Å². The van der Waals surface area contributed by atoms with Crippen molar-refractivity contribution in [2.24, 2.45) is 16.9 Å². The predicted molar refractivity (Wildman–Crippen MR) is 72.7 cm³/mol. The molecule has 0 aromatic carbocycles. The Bertz CT molecular complexity index is 332. The van der Waals surface area contributed by atoms with Gasteiger partial charge in [0.05, 0.1) is 0 Å². The number of nitrogens with two attached hydrogens (primary N) is 2. The number of hydrogen-bond donors (Lipinski definition) is 2. The smallest absolute Gasteiger partial charge is 0.311 e.